The summed E-state index contributed by atoms with van der Waals surface area (Å²) in [6.07, 6.45) is 12.1. The molecule has 0 aliphatic carbocycles. The van der Waals surface area contributed by atoms with Crippen molar-refractivity contribution in [3.05, 3.63) is 217 Å². The van der Waals surface area contributed by atoms with E-state index in [0.29, 0.717) is 0 Å². The SMILES string of the molecule is CCCCCCc1cccc2c(-c3ccc4ccccc4c3)c3ccccc3c(-c3ccc4c(c3)sc3ccc(-c5c6ccccc6c(-c6ccc7ccccc7c6)c6cccc(CCCCCC)c56)cc34)c12. The number of hydrogen-bond acceptors (Lipinski definition) is 1. The van der Waals surface area contributed by atoms with Crippen LogP contribution >= 0.6 is 11.3 Å². The second kappa shape index (κ2) is 19.4. The molecule has 0 amide bonds. The number of unbranched alkanes of at least 4 members (excludes halogenated alkanes) is 6. The van der Waals surface area contributed by atoms with E-state index < -0.39 is 0 Å². The molecule has 0 aliphatic heterocycles. The summed E-state index contributed by atoms with van der Waals surface area (Å²) in [6, 6.07) is 79.0. The zero-order chi connectivity index (χ0) is 48.8. The van der Waals surface area contributed by atoms with Gasteiger partial charge in [0.15, 0.2) is 0 Å². The Morgan fingerprint density at radius 3 is 1.22 bits per heavy atom. The van der Waals surface area contributed by atoms with Crippen molar-refractivity contribution in [1.29, 1.82) is 0 Å². The van der Waals surface area contributed by atoms with Crippen LogP contribution in [0.15, 0.2) is 206 Å². The predicted octanol–water partition coefficient (Wildman–Crippen LogP) is 21.9. The third-order valence-electron chi connectivity index (χ3n) is 16.0. The lowest BCUT2D eigenvalue weighted by Crippen LogP contribution is -1.96. The third-order valence-corrected chi connectivity index (χ3v) is 17.1. The zero-order valence-corrected chi connectivity index (χ0v) is 42.9. The predicted molar refractivity (Wildman–Crippen MR) is 322 cm³/mol. The highest BCUT2D eigenvalue weighted by Crippen LogP contribution is 2.50. The smallest absolute Gasteiger partial charge is 0.0361 e. The number of aryl methyl sites for hydroxylation is 2. The van der Waals surface area contributed by atoms with Crippen LogP contribution in [0.5, 0.6) is 0 Å². The van der Waals surface area contributed by atoms with Gasteiger partial charge in [-0.15, -0.1) is 11.3 Å². The van der Waals surface area contributed by atoms with E-state index in [2.05, 4.69) is 220 Å². The first kappa shape index (κ1) is 45.3. The van der Waals surface area contributed by atoms with Gasteiger partial charge in [-0.2, -0.15) is 0 Å². The molecule has 73 heavy (non-hydrogen) atoms. The maximum absolute atomic E-state index is 2.52. The van der Waals surface area contributed by atoms with Crippen molar-refractivity contribution in [2.24, 2.45) is 0 Å². The Hall–Kier alpha value is -7.58. The fraction of sp³-hybridized carbons (Fsp3) is 0.167. The van der Waals surface area contributed by atoms with E-state index in [1.54, 1.807) is 0 Å². The molecule has 0 aliphatic rings. The molecule has 1 aromatic heterocycles. The number of benzene rings is 12. The maximum Gasteiger partial charge on any atom is 0.0361 e. The van der Waals surface area contributed by atoms with Crippen molar-refractivity contribution in [3.8, 4) is 44.5 Å². The van der Waals surface area contributed by atoms with Gasteiger partial charge in [0, 0.05) is 20.2 Å². The number of hydrogen-bond donors (Lipinski definition) is 0. The lowest BCUT2D eigenvalue weighted by atomic mass is 9.82. The monoisotopic (exact) mass is 956 g/mol. The molecule has 0 radical (unpaired) electrons. The first-order valence-corrected chi connectivity index (χ1v) is 27.8. The highest BCUT2D eigenvalue weighted by molar-refractivity contribution is 7.25. The molecule has 0 saturated carbocycles. The summed E-state index contributed by atoms with van der Waals surface area (Å²) in [6.45, 7) is 4.62. The molecule has 354 valence electrons. The van der Waals surface area contributed by atoms with Gasteiger partial charge in [0.1, 0.15) is 0 Å². The Morgan fingerprint density at radius 2 is 0.699 bits per heavy atom. The largest absolute Gasteiger partial charge is 0.135 e. The van der Waals surface area contributed by atoms with Gasteiger partial charge in [-0.3, -0.25) is 0 Å². The summed E-state index contributed by atoms with van der Waals surface area (Å²) in [5, 5.41) is 18.5. The van der Waals surface area contributed by atoms with E-state index in [-0.39, 0.29) is 0 Å². The van der Waals surface area contributed by atoms with E-state index in [0.717, 1.165) is 12.8 Å². The third kappa shape index (κ3) is 8.06. The van der Waals surface area contributed by atoms with E-state index >= 15 is 0 Å². The van der Waals surface area contributed by atoms with Gasteiger partial charge in [-0.1, -0.05) is 228 Å². The molecule has 0 nitrogen and oxygen atoms in total. The minimum Gasteiger partial charge on any atom is -0.135 e. The molecule has 0 atom stereocenters. The molecule has 1 heterocycles. The molecule has 0 unspecified atom stereocenters. The van der Waals surface area contributed by atoms with Crippen molar-refractivity contribution < 1.29 is 0 Å². The average Bonchev–Trinajstić information content (AvgIpc) is 3.81. The molecule has 1 heteroatoms. The average molecular weight is 957 g/mol. The topological polar surface area (TPSA) is 0 Å². The van der Waals surface area contributed by atoms with E-state index in [4.69, 9.17) is 0 Å². The van der Waals surface area contributed by atoms with Gasteiger partial charge < -0.3 is 0 Å². The van der Waals surface area contributed by atoms with E-state index in [9.17, 15) is 0 Å². The van der Waals surface area contributed by atoms with Crippen LogP contribution in [0.25, 0.3) is 129 Å². The summed E-state index contributed by atoms with van der Waals surface area (Å²) in [4.78, 5) is 0. The van der Waals surface area contributed by atoms with E-state index in [1.807, 2.05) is 11.3 Å². The second-order valence-corrected chi connectivity index (χ2v) is 21.6. The van der Waals surface area contributed by atoms with Crippen LogP contribution < -0.4 is 0 Å². The maximum atomic E-state index is 2.52. The highest BCUT2D eigenvalue weighted by Gasteiger charge is 2.23. The Balaban J connectivity index is 1.01. The van der Waals surface area contributed by atoms with Gasteiger partial charge in [0.25, 0.3) is 0 Å². The van der Waals surface area contributed by atoms with Crippen molar-refractivity contribution in [2.75, 3.05) is 0 Å². The number of fused-ring (bicyclic) bond motifs is 9. The standard InChI is InChI=1S/C72H60S/c1-3-5-7-9-23-49-27-19-33-62-67(53-37-35-47-21-11-13-25-51(47)43-53)58-29-15-17-31-60(58)71(69(49)62)55-40-42-65-64(45-55)57-41-39-56(46-66(57)73-65)72-61-32-18-16-30-59(61)68(54-38-36-48-22-12-14-26-52(48)44-54)63-34-20-28-50(70(63)72)24-10-8-6-4-2/h11-22,25-46H,3-10,23-24H2,1-2H3. The first-order chi connectivity index (χ1) is 36.1. The summed E-state index contributed by atoms with van der Waals surface area (Å²) < 4.78 is 2.66. The molecule has 13 rings (SSSR count). The fourth-order valence-electron chi connectivity index (χ4n) is 12.5. The van der Waals surface area contributed by atoms with Gasteiger partial charge in [-0.25, -0.2) is 0 Å². The molecule has 13 aromatic rings. The van der Waals surface area contributed by atoms with Crippen molar-refractivity contribution in [3.63, 3.8) is 0 Å². The van der Waals surface area contributed by atoms with Gasteiger partial charge >= 0.3 is 0 Å². The first-order valence-electron chi connectivity index (χ1n) is 27.0. The van der Waals surface area contributed by atoms with Crippen LogP contribution in [0.2, 0.25) is 0 Å². The quantitative estimate of drug-likeness (QED) is 0.0753. The van der Waals surface area contributed by atoms with Crippen LogP contribution in [0.4, 0.5) is 0 Å². The molecule has 12 aromatic carbocycles. The van der Waals surface area contributed by atoms with Crippen molar-refractivity contribution in [1.82, 2.24) is 0 Å². The van der Waals surface area contributed by atoms with Gasteiger partial charge in [0.05, 0.1) is 0 Å². The molecular weight excluding hydrogens is 897 g/mol. The Bertz CT molecular complexity index is 4240. The second-order valence-electron chi connectivity index (χ2n) is 20.5. The summed E-state index contributed by atoms with van der Waals surface area (Å²) in [5.41, 5.74) is 13.4. The van der Waals surface area contributed by atoms with Crippen LogP contribution in [0.3, 0.4) is 0 Å². The van der Waals surface area contributed by atoms with Gasteiger partial charge in [-0.05, 0) is 176 Å². The Kier molecular flexibility index (Phi) is 12.1. The fourth-order valence-corrected chi connectivity index (χ4v) is 13.6. The summed E-state index contributed by atoms with van der Waals surface area (Å²) in [5.74, 6) is 0. The number of thiophene rings is 1. The molecule has 0 fully saturated rings. The normalized spacial score (nSPS) is 12.0. The minimum atomic E-state index is 1.07. The summed E-state index contributed by atoms with van der Waals surface area (Å²) in [7, 11) is 0. The molecule has 0 N–H and O–H groups in total. The lowest BCUT2D eigenvalue weighted by molar-refractivity contribution is 0.668. The number of rotatable bonds is 14. The zero-order valence-electron chi connectivity index (χ0n) is 42.1. The van der Waals surface area contributed by atoms with Crippen LogP contribution in [0.1, 0.15) is 76.3 Å². The molecule has 0 spiro atoms. The van der Waals surface area contributed by atoms with Crippen molar-refractivity contribution in [2.45, 2.75) is 78.1 Å². The summed E-state index contributed by atoms with van der Waals surface area (Å²) >= 11 is 1.94. The van der Waals surface area contributed by atoms with Crippen LogP contribution in [0, 0.1) is 0 Å². The molecular formula is C72H60S. The lowest BCUT2D eigenvalue weighted by Gasteiger charge is -2.21. The van der Waals surface area contributed by atoms with Crippen LogP contribution in [-0.4, -0.2) is 0 Å². The molecule has 0 saturated heterocycles. The Labute approximate surface area is 433 Å². The minimum absolute atomic E-state index is 1.07. The van der Waals surface area contributed by atoms with Crippen molar-refractivity contribution >= 4 is 96.1 Å². The Morgan fingerprint density at radius 1 is 0.274 bits per heavy atom. The van der Waals surface area contributed by atoms with Crippen LogP contribution in [-0.2, 0) is 12.8 Å². The van der Waals surface area contributed by atoms with E-state index in [1.165, 1.54) is 192 Å². The molecule has 0 bridgehead atoms. The highest BCUT2D eigenvalue weighted by atomic mass is 32.1. The van der Waals surface area contributed by atoms with Gasteiger partial charge in [0.2, 0.25) is 0 Å².